The van der Waals surface area contributed by atoms with E-state index in [1.54, 1.807) is 6.07 Å². The van der Waals surface area contributed by atoms with Crippen LogP contribution in [0.4, 0.5) is 11.6 Å². The smallest absolute Gasteiger partial charge is 0.151 e. The molecule has 2 rings (SSSR count). The highest BCUT2D eigenvalue weighted by Crippen LogP contribution is 2.28. The number of nitrogen functional groups attached to an aromatic ring is 2. The van der Waals surface area contributed by atoms with E-state index in [0.29, 0.717) is 11.6 Å². The van der Waals surface area contributed by atoms with Crippen LogP contribution in [0.2, 0.25) is 0 Å². The maximum Gasteiger partial charge on any atom is 0.151 e. The molecular weight excluding hydrogens is 210 g/mol. The maximum atomic E-state index is 5.75. The lowest BCUT2D eigenvalue weighted by Gasteiger charge is -2.00. The lowest BCUT2D eigenvalue weighted by atomic mass is 10.2. The molecule has 2 aromatic heterocycles. The van der Waals surface area contributed by atoms with Gasteiger partial charge in [0.05, 0.1) is 5.56 Å². The van der Waals surface area contributed by atoms with Crippen molar-refractivity contribution < 1.29 is 0 Å². The zero-order valence-electron chi connectivity index (χ0n) is 8.27. The van der Waals surface area contributed by atoms with E-state index in [1.807, 2.05) is 13.0 Å². The monoisotopic (exact) mass is 221 g/mol. The zero-order valence-corrected chi connectivity index (χ0v) is 9.08. The number of nitrogens with two attached hydrogens (primary N) is 2. The SMILES string of the molecule is CCc1nnc(-c2ccc(N)nc2N)s1. The average Bonchev–Trinajstić information content (AvgIpc) is 2.66. The van der Waals surface area contributed by atoms with E-state index in [0.717, 1.165) is 22.0 Å². The van der Waals surface area contributed by atoms with Crippen LogP contribution in [0.15, 0.2) is 12.1 Å². The average molecular weight is 221 g/mol. The Kier molecular flexibility index (Phi) is 2.51. The van der Waals surface area contributed by atoms with Crippen LogP contribution in [0.25, 0.3) is 10.6 Å². The molecule has 2 heterocycles. The molecule has 0 amide bonds. The third kappa shape index (κ3) is 1.89. The van der Waals surface area contributed by atoms with Gasteiger partial charge in [-0.25, -0.2) is 4.98 Å². The van der Waals surface area contributed by atoms with Crippen LogP contribution in [-0.4, -0.2) is 15.2 Å². The lowest BCUT2D eigenvalue weighted by Crippen LogP contribution is -1.97. The fourth-order valence-electron chi connectivity index (χ4n) is 1.18. The Morgan fingerprint density at radius 1 is 1.27 bits per heavy atom. The van der Waals surface area contributed by atoms with Crippen LogP contribution in [0.5, 0.6) is 0 Å². The number of rotatable bonds is 2. The fourth-order valence-corrected chi connectivity index (χ4v) is 1.99. The lowest BCUT2D eigenvalue weighted by molar-refractivity contribution is 0.986. The summed E-state index contributed by atoms with van der Waals surface area (Å²) in [6.07, 6.45) is 0.875. The van der Waals surface area contributed by atoms with E-state index in [2.05, 4.69) is 15.2 Å². The summed E-state index contributed by atoms with van der Waals surface area (Å²) in [5.74, 6) is 0.810. The summed E-state index contributed by atoms with van der Waals surface area (Å²) >= 11 is 1.52. The molecular formula is C9H11N5S. The Morgan fingerprint density at radius 3 is 2.67 bits per heavy atom. The molecule has 0 atom stereocenters. The van der Waals surface area contributed by atoms with Gasteiger partial charge in [-0.2, -0.15) is 0 Å². The molecule has 0 spiro atoms. The minimum absolute atomic E-state index is 0.397. The van der Waals surface area contributed by atoms with Crippen molar-refractivity contribution in [1.82, 2.24) is 15.2 Å². The first-order valence-corrected chi connectivity index (χ1v) is 5.37. The number of nitrogens with zero attached hydrogens (tertiary/aromatic N) is 3. The van der Waals surface area contributed by atoms with Gasteiger partial charge >= 0.3 is 0 Å². The van der Waals surface area contributed by atoms with Crippen LogP contribution in [-0.2, 0) is 6.42 Å². The van der Waals surface area contributed by atoms with Gasteiger partial charge in [0.25, 0.3) is 0 Å². The van der Waals surface area contributed by atoms with E-state index in [9.17, 15) is 0 Å². The van der Waals surface area contributed by atoms with Gasteiger partial charge in [0.2, 0.25) is 0 Å². The number of hydrogen-bond donors (Lipinski definition) is 2. The highest BCUT2D eigenvalue weighted by atomic mass is 32.1. The molecule has 15 heavy (non-hydrogen) atoms. The second-order valence-corrected chi connectivity index (χ2v) is 4.09. The fraction of sp³-hybridized carbons (Fsp3) is 0.222. The van der Waals surface area contributed by atoms with Crippen molar-refractivity contribution in [2.24, 2.45) is 0 Å². The van der Waals surface area contributed by atoms with Crippen molar-refractivity contribution in [3.8, 4) is 10.6 Å². The first kappa shape index (κ1) is 9.85. The van der Waals surface area contributed by atoms with Crippen LogP contribution in [0, 0.1) is 0 Å². The molecule has 78 valence electrons. The Hall–Kier alpha value is -1.69. The first-order valence-electron chi connectivity index (χ1n) is 4.55. The van der Waals surface area contributed by atoms with E-state index >= 15 is 0 Å². The molecule has 0 bridgehead atoms. The molecule has 0 aliphatic rings. The number of anilines is 2. The molecule has 6 heteroatoms. The van der Waals surface area contributed by atoms with Gasteiger partial charge in [-0.1, -0.05) is 18.3 Å². The van der Waals surface area contributed by atoms with Crippen molar-refractivity contribution in [3.63, 3.8) is 0 Å². The summed E-state index contributed by atoms with van der Waals surface area (Å²) < 4.78 is 0. The van der Waals surface area contributed by atoms with Gasteiger partial charge in [-0.15, -0.1) is 10.2 Å². The number of aromatic nitrogens is 3. The topological polar surface area (TPSA) is 90.7 Å². The Balaban J connectivity index is 2.44. The van der Waals surface area contributed by atoms with Gasteiger partial charge < -0.3 is 11.5 Å². The molecule has 0 aliphatic carbocycles. The third-order valence-corrected chi connectivity index (χ3v) is 3.05. The van der Waals surface area contributed by atoms with Crippen LogP contribution < -0.4 is 11.5 Å². The largest absolute Gasteiger partial charge is 0.384 e. The minimum Gasteiger partial charge on any atom is -0.384 e. The molecule has 0 aromatic carbocycles. The highest BCUT2D eigenvalue weighted by Gasteiger charge is 2.09. The summed E-state index contributed by atoms with van der Waals surface area (Å²) in [4.78, 5) is 3.98. The van der Waals surface area contributed by atoms with Crippen LogP contribution >= 0.6 is 11.3 Å². The van der Waals surface area contributed by atoms with Crippen molar-refractivity contribution >= 4 is 23.0 Å². The Morgan fingerprint density at radius 2 is 2.07 bits per heavy atom. The molecule has 2 aromatic rings. The minimum atomic E-state index is 0.397. The van der Waals surface area contributed by atoms with Crippen molar-refractivity contribution in [1.29, 1.82) is 0 Å². The second-order valence-electron chi connectivity index (χ2n) is 3.02. The van der Waals surface area contributed by atoms with Crippen molar-refractivity contribution in [3.05, 3.63) is 17.1 Å². The predicted molar refractivity (Wildman–Crippen MR) is 61.3 cm³/mol. The first-order chi connectivity index (χ1) is 7.20. The molecule has 4 N–H and O–H groups in total. The third-order valence-electron chi connectivity index (χ3n) is 1.95. The number of aryl methyl sites for hydroxylation is 1. The molecule has 5 nitrogen and oxygen atoms in total. The summed E-state index contributed by atoms with van der Waals surface area (Å²) in [6.45, 7) is 2.04. The number of hydrogen-bond acceptors (Lipinski definition) is 6. The van der Waals surface area contributed by atoms with Gasteiger partial charge in [0.1, 0.15) is 16.6 Å². The zero-order chi connectivity index (χ0) is 10.8. The summed E-state index contributed by atoms with van der Waals surface area (Å²) in [5, 5.41) is 9.86. The normalized spacial score (nSPS) is 10.5. The van der Waals surface area contributed by atoms with Crippen molar-refractivity contribution in [2.45, 2.75) is 13.3 Å². The van der Waals surface area contributed by atoms with Gasteiger partial charge in [-0.3, -0.25) is 0 Å². The Bertz CT molecular complexity index is 479. The van der Waals surface area contributed by atoms with Crippen LogP contribution in [0.1, 0.15) is 11.9 Å². The molecule has 0 fully saturated rings. The van der Waals surface area contributed by atoms with E-state index in [-0.39, 0.29) is 0 Å². The highest BCUT2D eigenvalue weighted by molar-refractivity contribution is 7.14. The van der Waals surface area contributed by atoms with E-state index in [4.69, 9.17) is 11.5 Å². The van der Waals surface area contributed by atoms with Crippen molar-refractivity contribution in [2.75, 3.05) is 11.5 Å². The van der Waals surface area contributed by atoms with E-state index < -0.39 is 0 Å². The maximum absolute atomic E-state index is 5.75. The molecule has 0 saturated carbocycles. The summed E-state index contributed by atoms with van der Waals surface area (Å²) in [7, 11) is 0. The molecule has 0 saturated heterocycles. The van der Waals surface area contributed by atoms with E-state index in [1.165, 1.54) is 11.3 Å². The van der Waals surface area contributed by atoms with Gasteiger partial charge in [0, 0.05) is 0 Å². The standard InChI is InChI=1S/C9H11N5S/c1-2-7-13-14-9(15-7)5-3-4-6(10)12-8(5)11/h3-4H,2H2,1H3,(H4,10,11,12). The molecule has 0 unspecified atom stereocenters. The Labute approximate surface area is 91.2 Å². The molecule has 0 aliphatic heterocycles. The summed E-state index contributed by atoms with van der Waals surface area (Å²) in [6, 6.07) is 3.52. The van der Waals surface area contributed by atoms with Crippen LogP contribution in [0.3, 0.4) is 0 Å². The quantitative estimate of drug-likeness (QED) is 0.798. The van der Waals surface area contributed by atoms with Gasteiger partial charge in [0.15, 0.2) is 5.01 Å². The predicted octanol–water partition coefficient (Wildman–Crippen LogP) is 1.33. The van der Waals surface area contributed by atoms with Gasteiger partial charge in [-0.05, 0) is 18.6 Å². The number of pyridine rings is 1. The summed E-state index contributed by atoms with van der Waals surface area (Å²) in [5.41, 5.74) is 12.1. The molecule has 0 radical (unpaired) electrons. The second kappa shape index (κ2) is 3.82.